The van der Waals surface area contributed by atoms with Crippen molar-refractivity contribution in [2.24, 2.45) is 0 Å². The lowest BCUT2D eigenvalue weighted by Gasteiger charge is -2.15. The minimum absolute atomic E-state index is 0.0902. The number of nitrogens with one attached hydrogen (secondary N) is 1. The Morgan fingerprint density at radius 3 is 2.43 bits per heavy atom. The number of carbonyl (C=O) groups excluding carboxylic acids is 1. The number of benzene rings is 2. The van der Waals surface area contributed by atoms with Gasteiger partial charge in [-0.15, -0.1) is 0 Å². The highest BCUT2D eigenvalue weighted by atomic mass is 32.2. The van der Waals surface area contributed by atoms with E-state index in [2.05, 4.69) is 5.32 Å². The van der Waals surface area contributed by atoms with Gasteiger partial charge in [0.15, 0.2) is 0 Å². The number of aryl methyl sites for hydroxylation is 1. The van der Waals surface area contributed by atoms with E-state index in [1.807, 2.05) is 0 Å². The van der Waals surface area contributed by atoms with Crippen molar-refractivity contribution >= 4 is 27.3 Å². The van der Waals surface area contributed by atoms with Gasteiger partial charge in [-0.05, 0) is 43.0 Å². The first-order valence-corrected chi connectivity index (χ1v) is 10.4. The number of hydrogen-bond acceptors (Lipinski definition) is 5. The van der Waals surface area contributed by atoms with E-state index in [1.54, 1.807) is 30.3 Å². The molecule has 1 amide bonds. The molecule has 1 fully saturated rings. The maximum atomic E-state index is 12.5. The van der Waals surface area contributed by atoms with Crippen LogP contribution in [0.3, 0.4) is 0 Å². The Balaban J connectivity index is 1.57. The van der Waals surface area contributed by atoms with Crippen molar-refractivity contribution in [2.75, 3.05) is 18.4 Å². The SMILES string of the molecule is O=C(CCc1ccc(S(=O)(=O)N2CCCC2)cc1)Nc1cccc([N+](=O)[O-])c1. The molecule has 0 unspecified atom stereocenters. The van der Waals surface area contributed by atoms with Crippen molar-refractivity contribution in [1.29, 1.82) is 0 Å². The van der Waals surface area contributed by atoms with E-state index in [9.17, 15) is 23.3 Å². The molecule has 0 spiro atoms. The molecule has 1 N–H and O–H groups in total. The normalized spacial score (nSPS) is 14.7. The number of nitro groups is 1. The Morgan fingerprint density at radius 1 is 1.11 bits per heavy atom. The Labute approximate surface area is 163 Å². The van der Waals surface area contributed by atoms with Gasteiger partial charge in [-0.2, -0.15) is 4.31 Å². The summed E-state index contributed by atoms with van der Waals surface area (Å²) < 4.78 is 26.5. The lowest BCUT2D eigenvalue weighted by atomic mass is 10.1. The van der Waals surface area contributed by atoms with Gasteiger partial charge in [0.2, 0.25) is 15.9 Å². The molecular weight excluding hydrogens is 382 g/mol. The molecule has 0 atom stereocenters. The van der Waals surface area contributed by atoms with Gasteiger partial charge < -0.3 is 5.32 Å². The smallest absolute Gasteiger partial charge is 0.271 e. The van der Waals surface area contributed by atoms with Gasteiger partial charge in [0, 0.05) is 37.3 Å². The fourth-order valence-electron chi connectivity index (χ4n) is 3.08. The molecule has 1 aliphatic rings. The summed E-state index contributed by atoms with van der Waals surface area (Å²) in [6.07, 6.45) is 2.39. The van der Waals surface area contributed by atoms with Crippen molar-refractivity contribution in [3.63, 3.8) is 0 Å². The number of nitrogens with zero attached hydrogens (tertiary/aromatic N) is 2. The van der Waals surface area contributed by atoms with Crippen LogP contribution in [-0.2, 0) is 21.2 Å². The molecule has 0 radical (unpaired) electrons. The standard InChI is InChI=1S/C19H21N3O5S/c23-19(20-16-4-3-5-17(14-16)22(24)25)11-8-15-6-9-18(10-7-15)28(26,27)21-12-1-2-13-21/h3-7,9-10,14H,1-2,8,11-13H2,(H,20,23). The maximum Gasteiger partial charge on any atom is 0.271 e. The van der Waals surface area contributed by atoms with Crippen LogP contribution in [0.1, 0.15) is 24.8 Å². The number of hydrogen-bond donors (Lipinski definition) is 1. The lowest BCUT2D eigenvalue weighted by molar-refractivity contribution is -0.384. The third-order valence-electron chi connectivity index (χ3n) is 4.61. The number of sulfonamides is 1. The molecule has 1 heterocycles. The van der Waals surface area contributed by atoms with Gasteiger partial charge in [-0.3, -0.25) is 14.9 Å². The number of anilines is 1. The number of rotatable bonds is 7. The van der Waals surface area contributed by atoms with Crippen molar-refractivity contribution in [3.8, 4) is 0 Å². The summed E-state index contributed by atoms with van der Waals surface area (Å²) in [4.78, 5) is 22.6. The van der Waals surface area contributed by atoms with Crippen molar-refractivity contribution < 1.29 is 18.1 Å². The highest BCUT2D eigenvalue weighted by Gasteiger charge is 2.26. The van der Waals surface area contributed by atoms with Crippen molar-refractivity contribution in [3.05, 3.63) is 64.2 Å². The first kappa shape index (κ1) is 20.0. The third kappa shape index (κ3) is 4.73. The van der Waals surface area contributed by atoms with Crippen LogP contribution in [-0.4, -0.2) is 36.6 Å². The molecule has 1 saturated heterocycles. The summed E-state index contributed by atoms with van der Waals surface area (Å²) >= 11 is 0. The van der Waals surface area contributed by atoms with Crippen LogP contribution >= 0.6 is 0 Å². The molecular formula is C19H21N3O5S. The van der Waals surface area contributed by atoms with E-state index in [1.165, 1.54) is 22.5 Å². The number of non-ortho nitro benzene ring substituents is 1. The van der Waals surface area contributed by atoms with E-state index in [4.69, 9.17) is 0 Å². The molecule has 2 aromatic rings. The Kier molecular flexibility index (Phi) is 6.05. The largest absolute Gasteiger partial charge is 0.326 e. The van der Waals surface area contributed by atoms with Gasteiger partial charge in [-0.25, -0.2) is 8.42 Å². The molecule has 0 bridgehead atoms. The van der Waals surface area contributed by atoms with Crippen LogP contribution in [0.5, 0.6) is 0 Å². The van der Waals surface area contributed by atoms with E-state index in [0.717, 1.165) is 18.4 Å². The summed E-state index contributed by atoms with van der Waals surface area (Å²) in [5.74, 6) is -0.269. The molecule has 0 aliphatic carbocycles. The Morgan fingerprint density at radius 2 is 1.79 bits per heavy atom. The molecule has 9 heteroatoms. The average molecular weight is 403 g/mol. The summed E-state index contributed by atoms with van der Waals surface area (Å²) in [6, 6.07) is 12.3. The lowest BCUT2D eigenvalue weighted by Crippen LogP contribution is -2.27. The van der Waals surface area contributed by atoms with E-state index >= 15 is 0 Å². The van der Waals surface area contributed by atoms with E-state index in [0.29, 0.717) is 25.2 Å². The fourth-order valence-corrected chi connectivity index (χ4v) is 4.60. The second kappa shape index (κ2) is 8.49. The topological polar surface area (TPSA) is 110 Å². The van der Waals surface area contributed by atoms with Crippen LogP contribution in [0.25, 0.3) is 0 Å². The monoisotopic (exact) mass is 403 g/mol. The van der Waals surface area contributed by atoms with E-state index in [-0.39, 0.29) is 22.9 Å². The zero-order chi connectivity index (χ0) is 20.1. The second-order valence-electron chi connectivity index (χ2n) is 6.61. The predicted molar refractivity (Wildman–Crippen MR) is 104 cm³/mol. The highest BCUT2D eigenvalue weighted by Crippen LogP contribution is 2.21. The number of nitro benzene ring substituents is 1. The van der Waals surface area contributed by atoms with Crippen molar-refractivity contribution in [1.82, 2.24) is 4.31 Å². The van der Waals surface area contributed by atoms with Gasteiger partial charge in [0.05, 0.1) is 9.82 Å². The molecule has 0 saturated carbocycles. The Bertz CT molecular complexity index is 967. The van der Waals surface area contributed by atoms with Crippen LogP contribution in [0.15, 0.2) is 53.4 Å². The quantitative estimate of drug-likeness (QED) is 0.565. The van der Waals surface area contributed by atoms with Gasteiger partial charge in [0.25, 0.3) is 5.69 Å². The number of carbonyl (C=O) groups is 1. The Hall–Kier alpha value is -2.78. The van der Waals surface area contributed by atoms with Gasteiger partial charge in [-0.1, -0.05) is 18.2 Å². The molecule has 8 nitrogen and oxygen atoms in total. The zero-order valence-corrected chi connectivity index (χ0v) is 16.0. The molecule has 3 rings (SSSR count). The molecule has 2 aromatic carbocycles. The van der Waals surface area contributed by atoms with Crippen LogP contribution in [0.4, 0.5) is 11.4 Å². The number of amides is 1. The first-order chi connectivity index (χ1) is 13.4. The van der Waals surface area contributed by atoms with Crippen molar-refractivity contribution in [2.45, 2.75) is 30.6 Å². The minimum atomic E-state index is -3.44. The second-order valence-corrected chi connectivity index (χ2v) is 8.55. The van der Waals surface area contributed by atoms with Crippen LogP contribution in [0, 0.1) is 10.1 Å². The van der Waals surface area contributed by atoms with Gasteiger partial charge >= 0.3 is 0 Å². The van der Waals surface area contributed by atoms with E-state index < -0.39 is 14.9 Å². The fraction of sp³-hybridized carbons (Fsp3) is 0.316. The van der Waals surface area contributed by atoms with Crippen LogP contribution in [0.2, 0.25) is 0 Å². The predicted octanol–water partition coefficient (Wildman–Crippen LogP) is 2.95. The summed E-state index contributed by atoms with van der Waals surface area (Å²) in [5.41, 5.74) is 1.12. The minimum Gasteiger partial charge on any atom is -0.326 e. The highest BCUT2D eigenvalue weighted by molar-refractivity contribution is 7.89. The summed E-state index contributed by atoms with van der Waals surface area (Å²) in [7, 11) is -3.44. The summed E-state index contributed by atoms with van der Waals surface area (Å²) in [6.45, 7) is 1.11. The maximum absolute atomic E-state index is 12.5. The average Bonchev–Trinajstić information content (AvgIpc) is 3.22. The first-order valence-electron chi connectivity index (χ1n) is 9.00. The molecule has 148 valence electrons. The van der Waals surface area contributed by atoms with Gasteiger partial charge in [0.1, 0.15) is 0 Å². The molecule has 0 aromatic heterocycles. The van der Waals surface area contributed by atoms with Crippen LogP contribution < -0.4 is 5.32 Å². The third-order valence-corrected chi connectivity index (χ3v) is 6.52. The zero-order valence-electron chi connectivity index (χ0n) is 15.2. The molecule has 1 aliphatic heterocycles. The molecule has 28 heavy (non-hydrogen) atoms. The summed E-state index contributed by atoms with van der Waals surface area (Å²) in [5, 5.41) is 13.4.